The number of benzene rings is 2. The van der Waals surface area contributed by atoms with Crippen LogP contribution in [0.1, 0.15) is 42.7 Å². The van der Waals surface area contributed by atoms with E-state index in [0.717, 1.165) is 36.1 Å². The van der Waals surface area contributed by atoms with Gasteiger partial charge in [0.1, 0.15) is 5.54 Å². The van der Waals surface area contributed by atoms with Gasteiger partial charge in [-0.05, 0) is 48.4 Å². The van der Waals surface area contributed by atoms with E-state index in [2.05, 4.69) is 5.32 Å². The maximum atomic E-state index is 13.2. The minimum Gasteiger partial charge on any atom is -0.480 e. The van der Waals surface area contributed by atoms with E-state index in [-0.39, 0.29) is 12.0 Å². The van der Waals surface area contributed by atoms with E-state index in [0.29, 0.717) is 18.7 Å². The Labute approximate surface area is 186 Å². The highest BCUT2D eigenvalue weighted by Gasteiger charge is 2.54. The molecule has 0 aromatic heterocycles. The molecule has 32 heavy (non-hydrogen) atoms. The van der Waals surface area contributed by atoms with Crippen molar-refractivity contribution in [3.63, 3.8) is 0 Å². The van der Waals surface area contributed by atoms with Crippen LogP contribution in [0, 0.1) is 5.92 Å². The number of amides is 1. The molecule has 5 rings (SSSR count). The van der Waals surface area contributed by atoms with Gasteiger partial charge in [-0.15, -0.1) is 0 Å². The molecule has 4 atom stereocenters. The molecule has 1 fully saturated rings. The third-order valence-electron chi connectivity index (χ3n) is 7.41. The molecular formula is C25H27N3O4. The van der Waals surface area contributed by atoms with Crippen molar-refractivity contribution in [3.05, 3.63) is 59.7 Å². The lowest BCUT2D eigenvalue weighted by molar-refractivity contribution is -0.148. The van der Waals surface area contributed by atoms with Crippen LogP contribution in [0.2, 0.25) is 0 Å². The predicted octanol–water partition coefficient (Wildman–Crippen LogP) is 2.70. The highest BCUT2D eigenvalue weighted by molar-refractivity contribution is 6.42. The summed E-state index contributed by atoms with van der Waals surface area (Å²) in [4.78, 5) is 40.3. The Morgan fingerprint density at radius 1 is 1.09 bits per heavy atom. The Morgan fingerprint density at radius 3 is 2.66 bits per heavy atom. The van der Waals surface area contributed by atoms with Crippen molar-refractivity contribution in [3.8, 4) is 0 Å². The number of aliphatic carboxylic acids is 1. The van der Waals surface area contributed by atoms with Crippen molar-refractivity contribution >= 4 is 29.0 Å². The summed E-state index contributed by atoms with van der Waals surface area (Å²) in [5.74, 6) is -3.23. The van der Waals surface area contributed by atoms with Crippen molar-refractivity contribution in [1.29, 1.82) is 0 Å². The van der Waals surface area contributed by atoms with E-state index in [1.54, 1.807) is 0 Å². The number of carbonyl (C=O) groups is 3. The molecule has 1 amide bonds. The number of ketones is 1. The number of hydrogen-bond donors (Lipinski definition) is 3. The summed E-state index contributed by atoms with van der Waals surface area (Å²) in [6, 6.07) is 15.2. The number of nitrogens with zero attached hydrogens (tertiary/aromatic N) is 1. The lowest BCUT2D eigenvalue weighted by atomic mass is 9.66. The summed E-state index contributed by atoms with van der Waals surface area (Å²) in [6.45, 7) is 0.412. The summed E-state index contributed by atoms with van der Waals surface area (Å²) in [6.07, 6.45) is 2.89. The van der Waals surface area contributed by atoms with Crippen molar-refractivity contribution in [1.82, 2.24) is 0 Å². The van der Waals surface area contributed by atoms with Crippen LogP contribution in [-0.2, 0) is 20.8 Å². The molecule has 2 aromatic carbocycles. The normalized spacial score (nSPS) is 25.2. The predicted molar refractivity (Wildman–Crippen MR) is 121 cm³/mol. The average molecular weight is 434 g/mol. The maximum Gasteiger partial charge on any atom is 0.324 e. The highest BCUT2D eigenvalue weighted by atomic mass is 16.4. The Bertz CT molecular complexity index is 1100. The van der Waals surface area contributed by atoms with Crippen LogP contribution in [0.15, 0.2) is 48.5 Å². The van der Waals surface area contributed by atoms with Crippen LogP contribution in [0.5, 0.6) is 0 Å². The first-order chi connectivity index (χ1) is 15.4. The lowest BCUT2D eigenvalue weighted by Crippen LogP contribution is -2.59. The highest BCUT2D eigenvalue weighted by Crippen LogP contribution is 2.50. The van der Waals surface area contributed by atoms with Gasteiger partial charge >= 0.3 is 5.97 Å². The van der Waals surface area contributed by atoms with Gasteiger partial charge in [-0.2, -0.15) is 0 Å². The van der Waals surface area contributed by atoms with Gasteiger partial charge < -0.3 is 21.1 Å². The molecule has 2 heterocycles. The number of carbonyl (C=O) groups excluding carboxylic acids is 2. The molecule has 0 spiro atoms. The second-order valence-corrected chi connectivity index (χ2v) is 9.19. The molecule has 7 heteroatoms. The number of para-hydroxylation sites is 2. The van der Waals surface area contributed by atoms with Gasteiger partial charge in [-0.1, -0.05) is 42.8 Å². The molecule has 0 radical (unpaired) electrons. The van der Waals surface area contributed by atoms with Crippen molar-refractivity contribution in [2.45, 2.75) is 49.6 Å². The Morgan fingerprint density at radius 2 is 1.84 bits per heavy atom. The summed E-state index contributed by atoms with van der Waals surface area (Å²) >= 11 is 0. The first kappa shape index (κ1) is 20.7. The molecule has 7 nitrogen and oxygen atoms in total. The molecular weight excluding hydrogens is 406 g/mol. The summed E-state index contributed by atoms with van der Waals surface area (Å²) in [7, 11) is 0. The molecule has 166 valence electrons. The summed E-state index contributed by atoms with van der Waals surface area (Å²) in [5.41, 5.74) is 8.13. The van der Waals surface area contributed by atoms with E-state index in [4.69, 9.17) is 5.73 Å². The Hall–Kier alpha value is -3.19. The van der Waals surface area contributed by atoms with E-state index < -0.39 is 35.5 Å². The number of carboxylic acids is 1. The molecule has 1 aliphatic carbocycles. The zero-order valence-electron chi connectivity index (χ0n) is 17.8. The van der Waals surface area contributed by atoms with Crippen LogP contribution < -0.4 is 16.0 Å². The van der Waals surface area contributed by atoms with Crippen molar-refractivity contribution in [2.24, 2.45) is 11.7 Å². The number of nitrogens with two attached hydrogens (primary N) is 1. The second-order valence-electron chi connectivity index (χ2n) is 9.19. The Balaban J connectivity index is 1.47. The fraction of sp³-hybridized carbons (Fsp3) is 0.400. The number of Topliss-reactive ketones (excluding diaryl/α,β-unsaturated/α-hetero) is 1. The fourth-order valence-corrected chi connectivity index (χ4v) is 5.92. The van der Waals surface area contributed by atoms with E-state index in [1.165, 1.54) is 4.90 Å². The summed E-state index contributed by atoms with van der Waals surface area (Å²) in [5, 5.41) is 13.8. The third-order valence-corrected chi connectivity index (χ3v) is 7.41. The van der Waals surface area contributed by atoms with E-state index in [9.17, 15) is 19.5 Å². The quantitative estimate of drug-likeness (QED) is 0.625. The number of nitrogens with one attached hydrogen (secondary N) is 1. The van der Waals surface area contributed by atoms with Crippen LogP contribution >= 0.6 is 0 Å². The molecule has 0 bridgehead atoms. The van der Waals surface area contributed by atoms with Crippen LogP contribution in [-0.4, -0.2) is 40.9 Å². The molecule has 4 unspecified atom stereocenters. The average Bonchev–Trinajstić information content (AvgIpc) is 3.43. The monoisotopic (exact) mass is 433 g/mol. The number of hydrogen-bond acceptors (Lipinski definition) is 5. The van der Waals surface area contributed by atoms with Crippen LogP contribution in [0.4, 0.5) is 11.4 Å². The van der Waals surface area contributed by atoms with Gasteiger partial charge in [-0.3, -0.25) is 14.4 Å². The molecule has 4 N–H and O–H groups in total. The number of carboxylic acid groups (broad SMARTS) is 1. The van der Waals surface area contributed by atoms with Gasteiger partial charge in [0.15, 0.2) is 0 Å². The zero-order valence-corrected chi connectivity index (χ0v) is 17.8. The third kappa shape index (κ3) is 3.19. The van der Waals surface area contributed by atoms with Gasteiger partial charge in [0.2, 0.25) is 5.78 Å². The first-order valence-electron chi connectivity index (χ1n) is 11.2. The molecule has 0 saturated heterocycles. The number of anilines is 2. The second kappa shape index (κ2) is 7.74. The molecule has 1 saturated carbocycles. The molecule has 2 aliphatic heterocycles. The SMILES string of the molecule is NC(CC(=O)C(=O)N1CCc2ccccc21)(C(=O)O)C1c2ccccc2NC2CCCC21. The van der Waals surface area contributed by atoms with Gasteiger partial charge in [0, 0.05) is 36.3 Å². The summed E-state index contributed by atoms with van der Waals surface area (Å²) < 4.78 is 0. The van der Waals surface area contributed by atoms with Crippen LogP contribution in [0.25, 0.3) is 0 Å². The van der Waals surface area contributed by atoms with E-state index >= 15 is 0 Å². The first-order valence-corrected chi connectivity index (χ1v) is 11.2. The number of fused-ring (bicyclic) bond motifs is 3. The Kier molecular flexibility index (Phi) is 5.01. The topological polar surface area (TPSA) is 113 Å². The smallest absolute Gasteiger partial charge is 0.324 e. The van der Waals surface area contributed by atoms with Gasteiger partial charge in [0.25, 0.3) is 5.91 Å². The fourth-order valence-electron chi connectivity index (χ4n) is 5.92. The molecule has 3 aliphatic rings. The minimum atomic E-state index is -1.86. The maximum absolute atomic E-state index is 13.2. The van der Waals surface area contributed by atoms with Crippen molar-refractivity contribution in [2.75, 3.05) is 16.8 Å². The van der Waals surface area contributed by atoms with Gasteiger partial charge in [-0.25, -0.2) is 0 Å². The minimum absolute atomic E-state index is 0.00131. The largest absolute Gasteiger partial charge is 0.480 e. The zero-order chi connectivity index (χ0) is 22.5. The van der Waals surface area contributed by atoms with Crippen molar-refractivity contribution < 1.29 is 19.5 Å². The van der Waals surface area contributed by atoms with E-state index in [1.807, 2.05) is 48.5 Å². The lowest BCUT2D eigenvalue weighted by Gasteiger charge is -2.44. The number of rotatable bonds is 5. The van der Waals surface area contributed by atoms with Crippen LogP contribution in [0.3, 0.4) is 0 Å². The standard InChI is InChI=1S/C25H27N3O4/c26-25(24(31)32,14-21(29)23(30)28-13-12-15-6-1-4-11-20(15)28)22-16-7-2-3-9-18(16)27-19-10-5-8-17(19)22/h1-4,6-7,9,11,17,19,22,27H,5,8,10,12-14,26H2,(H,31,32). The van der Waals surface area contributed by atoms with Gasteiger partial charge in [0.05, 0.1) is 0 Å². The molecule has 2 aromatic rings.